The van der Waals surface area contributed by atoms with Gasteiger partial charge in [-0.1, -0.05) is 29.8 Å². The zero-order chi connectivity index (χ0) is 19.5. The molecule has 1 unspecified atom stereocenters. The zero-order valence-corrected chi connectivity index (χ0v) is 16.0. The predicted molar refractivity (Wildman–Crippen MR) is 97.0 cm³/mol. The van der Waals surface area contributed by atoms with Crippen LogP contribution in [0, 0.1) is 12.7 Å². The third-order valence-electron chi connectivity index (χ3n) is 4.28. The summed E-state index contributed by atoms with van der Waals surface area (Å²) in [6, 6.07) is 10.5. The number of rotatable bonds is 6. The largest absolute Gasteiger partial charge is 0.465 e. The Morgan fingerprint density at radius 2 is 1.81 bits per heavy atom. The first kappa shape index (κ1) is 20.1. The molecule has 1 atom stereocenters. The number of likely N-dealkylation sites (N-methyl/N-ethyl adjacent to an activating group) is 1. The van der Waals surface area contributed by atoms with E-state index in [0.29, 0.717) is 6.42 Å². The first-order valence-corrected chi connectivity index (χ1v) is 9.52. The van der Waals surface area contributed by atoms with Crippen molar-refractivity contribution in [2.75, 3.05) is 14.2 Å². The maximum Gasteiger partial charge on any atom is 0.337 e. The molecule has 0 aliphatic carbocycles. The smallest absolute Gasteiger partial charge is 0.337 e. The van der Waals surface area contributed by atoms with Crippen LogP contribution in [0.15, 0.2) is 47.4 Å². The van der Waals surface area contributed by atoms with Gasteiger partial charge in [0.15, 0.2) is 0 Å². The minimum Gasteiger partial charge on any atom is -0.465 e. The van der Waals surface area contributed by atoms with E-state index < -0.39 is 32.7 Å². The summed E-state index contributed by atoms with van der Waals surface area (Å²) < 4.78 is 45.5. The highest BCUT2D eigenvalue weighted by atomic mass is 32.2. The van der Waals surface area contributed by atoms with Crippen LogP contribution in [0.25, 0.3) is 0 Å². The van der Waals surface area contributed by atoms with Crippen LogP contribution in [-0.4, -0.2) is 38.9 Å². The lowest BCUT2D eigenvalue weighted by molar-refractivity contribution is 0.0600. The standard InChI is InChI=1S/C19H22FNO4S/c1-13-5-7-15(8-6-13)11-14(2)21(3)26(23,24)18-12-16(19(22)25-4)9-10-17(18)20/h5-10,12,14H,11H2,1-4H3. The summed E-state index contributed by atoms with van der Waals surface area (Å²) in [5.74, 6) is -1.64. The molecular formula is C19H22FNO4S. The van der Waals surface area contributed by atoms with Gasteiger partial charge in [0.2, 0.25) is 10.0 Å². The van der Waals surface area contributed by atoms with Crippen LogP contribution >= 0.6 is 0 Å². The first-order chi connectivity index (χ1) is 12.2. The molecule has 0 aliphatic heterocycles. The molecule has 2 aromatic carbocycles. The van der Waals surface area contributed by atoms with Gasteiger partial charge in [-0.25, -0.2) is 17.6 Å². The van der Waals surface area contributed by atoms with E-state index in [1.807, 2.05) is 31.2 Å². The van der Waals surface area contributed by atoms with Gasteiger partial charge in [0.1, 0.15) is 10.7 Å². The van der Waals surface area contributed by atoms with Gasteiger partial charge >= 0.3 is 5.97 Å². The molecular weight excluding hydrogens is 357 g/mol. The molecule has 140 valence electrons. The summed E-state index contributed by atoms with van der Waals surface area (Å²) in [5, 5.41) is 0. The van der Waals surface area contributed by atoms with Crippen molar-refractivity contribution in [1.82, 2.24) is 4.31 Å². The summed E-state index contributed by atoms with van der Waals surface area (Å²) in [4.78, 5) is 11.1. The summed E-state index contributed by atoms with van der Waals surface area (Å²) in [5.41, 5.74) is 2.07. The van der Waals surface area contributed by atoms with E-state index in [9.17, 15) is 17.6 Å². The second-order valence-electron chi connectivity index (χ2n) is 6.20. The lowest BCUT2D eigenvalue weighted by Crippen LogP contribution is -2.37. The Labute approximate surface area is 153 Å². The number of esters is 1. The Bertz CT molecular complexity index is 894. The molecule has 0 aromatic heterocycles. The predicted octanol–water partition coefficient (Wildman–Crippen LogP) is 3.17. The average Bonchev–Trinajstić information content (AvgIpc) is 2.62. The minimum absolute atomic E-state index is 0.0212. The van der Waals surface area contributed by atoms with Crippen LogP contribution < -0.4 is 0 Å². The maximum absolute atomic E-state index is 14.2. The normalized spacial score (nSPS) is 12.8. The minimum atomic E-state index is -4.11. The van der Waals surface area contributed by atoms with Crippen LogP contribution in [0.5, 0.6) is 0 Å². The quantitative estimate of drug-likeness (QED) is 0.723. The van der Waals surface area contributed by atoms with E-state index in [2.05, 4.69) is 4.74 Å². The fourth-order valence-corrected chi connectivity index (χ4v) is 3.98. The highest BCUT2D eigenvalue weighted by Gasteiger charge is 2.29. The number of carbonyl (C=O) groups excluding carboxylic acids is 1. The second-order valence-corrected chi connectivity index (χ2v) is 8.16. The van der Waals surface area contributed by atoms with Gasteiger partial charge in [-0.05, 0) is 44.0 Å². The van der Waals surface area contributed by atoms with E-state index in [-0.39, 0.29) is 5.56 Å². The SMILES string of the molecule is COC(=O)c1ccc(F)c(S(=O)(=O)N(C)C(C)Cc2ccc(C)cc2)c1. The molecule has 0 N–H and O–H groups in total. The average molecular weight is 379 g/mol. The number of sulfonamides is 1. The third-order valence-corrected chi connectivity index (χ3v) is 6.27. The van der Waals surface area contributed by atoms with Crippen molar-refractivity contribution in [2.45, 2.75) is 31.2 Å². The molecule has 26 heavy (non-hydrogen) atoms. The molecule has 2 aromatic rings. The number of methoxy groups -OCH3 is 1. The maximum atomic E-state index is 14.2. The number of benzene rings is 2. The molecule has 0 spiro atoms. The number of hydrogen-bond donors (Lipinski definition) is 0. The van der Waals surface area contributed by atoms with E-state index in [1.54, 1.807) is 6.92 Å². The van der Waals surface area contributed by atoms with E-state index >= 15 is 0 Å². The molecule has 0 amide bonds. The molecule has 2 rings (SSSR count). The van der Waals surface area contributed by atoms with Crippen LogP contribution in [0.4, 0.5) is 4.39 Å². The molecule has 0 fully saturated rings. The molecule has 0 saturated carbocycles. The fraction of sp³-hybridized carbons (Fsp3) is 0.316. The number of ether oxygens (including phenoxy) is 1. The molecule has 7 heteroatoms. The van der Waals surface area contributed by atoms with Crippen LogP contribution in [-0.2, 0) is 21.2 Å². The summed E-state index contributed by atoms with van der Waals surface area (Å²) >= 11 is 0. The monoisotopic (exact) mass is 379 g/mol. The third kappa shape index (κ3) is 4.28. The van der Waals surface area contributed by atoms with Crippen molar-refractivity contribution in [3.05, 3.63) is 65.0 Å². The van der Waals surface area contributed by atoms with E-state index in [0.717, 1.165) is 27.6 Å². The van der Waals surface area contributed by atoms with Crippen molar-refractivity contribution in [2.24, 2.45) is 0 Å². The van der Waals surface area contributed by atoms with Gasteiger partial charge in [-0.2, -0.15) is 4.31 Å². The number of halogens is 1. The first-order valence-electron chi connectivity index (χ1n) is 8.08. The van der Waals surface area contributed by atoms with E-state index in [1.165, 1.54) is 20.2 Å². The topological polar surface area (TPSA) is 63.7 Å². The van der Waals surface area contributed by atoms with Gasteiger partial charge < -0.3 is 4.74 Å². The Hall–Kier alpha value is -2.25. The number of carbonyl (C=O) groups is 1. The van der Waals surface area contributed by atoms with Crippen molar-refractivity contribution in [3.8, 4) is 0 Å². The molecule has 0 saturated heterocycles. The summed E-state index contributed by atoms with van der Waals surface area (Å²) in [6.07, 6.45) is 0.480. The fourth-order valence-electron chi connectivity index (χ4n) is 2.53. The number of aryl methyl sites for hydroxylation is 1. The van der Waals surface area contributed by atoms with Gasteiger partial charge in [-0.3, -0.25) is 0 Å². The Balaban J connectivity index is 2.30. The second kappa shape index (κ2) is 7.97. The lowest BCUT2D eigenvalue weighted by atomic mass is 10.1. The van der Waals surface area contributed by atoms with Crippen LogP contribution in [0.2, 0.25) is 0 Å². The van der Waals surface area contributed by atoms with Crippen LogP contribution in [0.3, 0.4) is 0 Å². The number of nitrogens with zero attached hydrogens (tertiary/aromatic N) is 1. The highest BCUT2D eigenvalue weighted by Crippen LogP contribution is 2.23. The van der Waals surface area contributed by atoms with E-state index in [4.69, 9.17) is 0 Å². The molecule has 0 heterocycles. The van der Waals surface area contributed by atoms with Crippen molar-refractivity contribution < 1.29 is 22.3 Å². The molecule has 5 nitrogen and oxygen atoms in total. The Morgan fingerprint density at radius 1 is 1.19 bits per heavy atom. The molecule has 0 radical (unpaired) electrons. The summed E-state index contributed by atoms with van der Waals surface area (Å²) in [6.45, 7) is 3.72. The Kier molecular flexibility index (Phi) is 6.15. The van der Waals surface area contributed by atoms with Crippen LogP contribution in [0.1, 0.15) is 28.4 Å². The lowest BCUT2D eigenvalue weighted by Gasteiger charge is -2.25. The zero-order valence-electron chi connectivity index (χ0n) is 15.2. The van der Waals surface area contributed by atoms with Gasteiger partial charge in [-0.15, -0.1) is 0 Å². The van der Waals surface area contributed by atoms with Crippen molar-refractivity contribution in [1.29, 1.82) is 0 Å². The summed E-state index contributed by atoms with van der Waals surface area (Å²) in [7, 11) is -1.53. The van der Waals surface area contributed by atoms with Crippen molar-refractivity contribution in [3.63, 3.8) is 0 Å². The molecule has 0 aliphatic rings. The highest BCUT2D eigenvalue weighted by molar-refractivity contribution is 7.89. The Morgan fingerprint density at radius 3 is 2.38 bits per heavy atom. The number of hydrogen-bond acceptors (Lipinski definition) is 4. The van der Waals surface area contributed by atoms with Gasteiger partial charge in [0.05, 0.1) is 12.7 Å². The molecule has 0 bridgehead atoms. The van der Waals surface area contributed by atoms with Gasteiger partial charge in [0.25, 0.3) is 0 Å². The van der Waals surface area contributed by atoms with Crippen molar-refractivity contribution >= 4 is 16.0 Å². The van der Waals surface area contributed by atoms with Gasteiger partial charge in [0, 0.05) is 13.1 Å².